The first-order valence-electron chi connectivity index (χ1n) is 6.67. The Morgan fingerprint density at radius 1 is 0.905 bits per heavy atom. The summed E-state index contributed by atoms with van der Waals surface area (Å²) in [6, 6.07) is 14.6. The molecule has 0 aliphatic heterocycles. The van der Waals surface area contributed by atoms with E-state index in [0.29, 0.717) is 6.54 Å². The summed E-state index contributed by atoms with van der Waals surface area (Å²) in [4.78, 5) is 0. The van der Waals surface area contributed by atoms with E-state index in [-0.39, 0.29) is 11.6 Å². The van der Waals surface area contributed by atoms with Gasteiger partial charge in [0.25, 0.3) is 0 Å². The minimum absolute atomic E-state index is 0.255. The van der Waals surface area contributed by atoms with Gasteiger partial charge in [0.15, 0.2) is 0 Å². The van der Waals surface area contributed by atoms with Crippen molar-refractivity contribution in [2.45, 2.75) is 13.5 Å². The average Bonchev–Trinajstić information content (AvgIpc) is 2.83. The van der Waals surface area contributed by atoms with Crippen LogP contribution in [0, 0.1) is 18.6 Å². The van der Waals surface area contributed by atoms with Crippen molar-refractivity contribution in [1.82, 2.24) is 9.78 Å². The highest BCUT2D eigenvalue weighted by molar-refractivity contribution is 5.60. The lowest BCUT2D eigenvalue weighted by Gasteiger charge is -2.08. The molecule has 1 heterocycles. The molecular weight excluding hydrogens is 270 g/mol. The zero-order chi connectivity index (χ0) is 14.8. The number of aromatic nitrogens is 2. The fourth-order valence-corrected chi connectivity index (χ4v) is 2.28. The van der Waals surface area contributed by atoms with E-state index in [1.165, 1.54) is 24.3 Å². The van der Waals surface area contributed by atoms with Gasteiger partial charge in [-0.3, -0.25) is 4.68 Å². The number of benzene rings is 2. The van der Waals surface area contributed by atoms with Gasteiger partial charge in [0.2, 0.25) is 0 Å². The highest BCUT2D eigenvalue weighted by Crippen LogP contribution is 2.22. The summed E-state index contributed by atoms with van der Waals surface area (Å²) in [6.45, 7) is 2.45. The number of rotatable bonds is 3. The van der Waals surface area contributed by atoms with Crippen molar-refractivity contribution in [1.29, 1.82) is 0 Å². The van der Waals surface area contributed by atoms with Crippen LogP contribution in [0.2, 0.25) is 0 Å². The molecule has 3 aromatic rings. The van der Waals surface area contributed by atoms with Crippen LogP contribution in [0.5, 0.6) is 0 Å². The number of aryl methyl sites for hydroxylation is 1. The van der Waals surface area contributed by atoms with Gasteiger partial charge in [0.05, 0.1) is 17.9 Å². The quantitative estimate of drug-likeness (QED) is 0.705. The van der Waals surface area contributed by atoms with Crippen LogP contribution in [0.25, 0.3) is 11.3 Å². The van der Waals surface area contributed by atoms with Crippen LogP contribution < -0.4 is 0 Å². The third-order valence-electron chi connectivity index (χ3n) is 3.29. The standard InChI is InChI=1S/C17H14F2N2/c1-12-10-17(14-4-8-16(19)9-5-14)21(20-12)11-13-2-6-15(18)7-3-13/h2-10H,11H2,1H3. The van der Waals surface area contributed by atoms with Crippen LogP contribution in [0.15, 0.2) is 54.6 Å². The van der Waals surface area contributed by atoms with Gasteiger partial charge in [-0.05, 0) is 55.0 Å². The van der Waals surface area contributed by atoms with Gasteiger partial charge in [-0.1, -0.05) is 12.1 Å². The monoisotopic (exact) mass is 284 g/mol. The smallest absolute Gasteiger partial charge is 0.123 e. The van der Waals surface area contributed by atoms with Crippen molar-refractivity contribution in [2.24, 2.45) is 0 Å². The van der Waals surface area contributed by atoms with E-state index < -0.39 is 0 Å². The van der Waals surface area contributed by atoms with Gasteiger partial charge < -0.3 is 0 Å². The van der Waals surface area contributed by atoms with Crippen molar-refractivity contribution < 1.29 is 8.78 Å². The summed E-state index contributed by atoms with van der Waals surface area (Å²) in [5, 5.41) is 4.46. The summed E-state index contributed by atoms with van der Waals surface area (Å²) in [6.07, 6.45) is 0. The average molecular weight is 284 g/mol. The topological polar surface area (TPSA) is 17.8 Å². The Morgan fingerprint density at radius 2 is 1.48 bits per heavy atom. The highest BCUT2D eigenvalue weighted by Gasteiger charge is 2.09. The minimum Gasteiger partial charge on any atom is -0.260 e. The molecule has 1 aromatic heterocycles. The maximum atomic E-state index is 13.0. The fraction of sp³-hybridized carbons (Fsp3) is 0.118. The van der Waals surface area contributed by atoms with Gasteiger partial charge in [-0.25, -0.2) is 8.78 Å². The lowest BCUT2D eigenvalue weighted by atomic mass is 10.1. The van der Waals surface area contributed by atoms with E-state index in [4.69, 9.17) is 0 Å². The molecule has 0 saturated heterocycles. The molecule has 2 nitrogen and oxygen atoms in total. The molecule has 0 spiro atoms. The second kappa shape index (κ2) is 5.48. The molecule has 0 bridgehead atoms. The molecule has 0 radical (unpaired) electrons. The van der Waals surface area contributed by atoms with Crippen molar-refractivity contribution in [3.8, 4) is 11.3 Å². The van der Waals surface area contributed by atoms with Crippen molar-refractivity contribution in [2.75, 3.05) is 0 Å². The Labute approximate surface area is 121 Å². The van der Waals surface area contributed by atoms with Gasteiger partial charge in [-0.15, -0.1) is 0 Å². The van der Waals surface area contributed by atoms with E-state index in [0.717, 1.165) is 22.5 Å². The largest absolute Gasteiger partial charge is 0.260 e. The molecule has 0 atom stereocenters. The minimum atomic E-state index is -0.264. The van der Waals surface area contributed by atoms with Crippen LogP contribution in [0.3, 0.4) is 0 Å². The summed E-state index contributed by atoms with van der Waals surface area (Å²) in [5.74, 6) is -0.519. The van der Waals surface area contributed by atoms with Crippen LogP contribution in [0.1, 0.15) is 11.3 Å². The van der Waals surface area contributed by atoms with Crippen LogP contribution in [-0.2, 0) is 6.54 Å². The molecule has 0 amide bonds. The molecule has 2 aromatic carbocycles. The SMILES string of the molecule is Cc1cc(-c2ccc(F)cc2)n(Cc2ccc(F)cc2)n1. The second-order valence-electron chi connectivity index (χ2n) is 4.96. The number of nitrogens with zero attached hydrogens (tertiary/aromatic N) is 2. The third-order valence-corrected chi connectivity index (χ3v) is 3.29. The summed E-state index contributed by atoms with van der Waals surface area (Å²) < 4.78 is 27.8. The van der Waals surface area contributed by atoms with Crippen LogP contribution >= 0.6 is 0 Å². The molecule has 0 aliphatic rings. The Kier molecular flexibility index (Phi) is 3.52. The van der Waals surface area contributed by atoms with E-state index >= 15 is 0 Å². The first-order valence-corrected chi connectivity index (χ1v) is 6.67. The number of hydrogen-bond acceptors (Lipinski definition) is 1. The first kappa shape index (κ1) is 13.5. The van der Waals surface area contributed by atoms with E-state index in [1.54, 1.807) is 24.3 Å². The predicted octanol–water partition coefficient (Wildman–Crippen LogP) is 4.19. The normalized spacial score (nSPS) is 10.8. The zero-order valence-electron chi connectivity index (χ0n) is 11.6. The maximum absolute atomic E-state index is 13.0. The fourth-order valence-electron chi connectivity index (χ4n) is 2.28. The maximum Gasteiger partial charge on any atom is 0.123 e. The molecule has 106 valence electrons. The van der Waals surface area contributed by atoms with Crippen LogP contribution in [0.4, 0.5) is 8.78 Å². The third kappa shape index (κ3) is 2.99. The zero-order valence-corrected chi connectivity index (χ0v) is 11.6. The molecule has 0 fully saturated rings. The van der Waals surface area contributed by atoms with Gasteiger partial charge in [0, 0.05) is 5.56 Å². The molecule has 0 N–H and O–H groups in total. The van der Waals surface area contributed by atoms with Crippen molar-refractivity contribution in [3.63, 3.8) is 0 Å². The van der Waals surface area contributed by atoms with Gasteiger partial charge in [-0.2, -0.15) is 5.10 Å². The van der Waals surface area contributed by atoms with Gasteiger partial charge >= 0.3 is 0 Å². The molecule has 21 heavy (non-hydrogen) atoms. The summed E-state index contributed by atoms with van der Waals surface area (Å²) >= 11 is 0. The number of halogens is 2. The highest BCUT2D eigenvalue weighted by atomic mass is 19.1. The summed E-state index contributed by atoms with van der Waals surface area (Å²) in [7, 11) is 0. The Bertz CT molecular complexity index is 743. The first-order chi connectivity index (χ1) is 10.1. The molecule has 4 heteroatoms. The number of hydrogen-bond donors (Lipinski definition) is 0. The van der Waals surface area contributed by atoms with Crippen molar-refractivity contribution >= 4 is 0 Å². The Balaban J connectivity index is 1.95. The molecule has 0 aliphatic carbocycles. The molecule has 3 rings (SSSR count). The van der Waals surface area contributed by atoms with E-state index in [9.17, 15) is 8.78 Å². The molecule has 0 saturated carbocycles. The van der Waals surface area contributed by atoms with Crippen LogP contribution in [-0.4, -0.2) is 9.78 Å². The Hall–Kier alpha value is -2.49. The van der Waals surface area contributed by atoms with E-state index in [2.05, 4.69) is 5.10 Å². The van der Waals surface area contributed by atoms with Crippen molar-refractivity contribution in [3.05, 3.63) is 77.5 Å². The lowest BCUT2D eigenvalue weighted by Crippen LogP contribution is -2.04. The molecule has 0 unspecified atom stereocenters. The second-order valence-corrected chi connectivity index (χ2v) is 4.96. The van der Waals surface area contributed by atoms with Gasteiger partial charge in [0.1, 0.15) is 11.6 Å². The Morgan fingerprint density at radius 3 is 2.10 bits per heavy atom. The predicted molar refractivity (Wildman–Crippen MR) is 77.9 cm³/mol. The van der Waals surface area contributed by atoms with E-state index in [1.807, 2.05) is 17.7 Å². The lowest BCUT2D eigenvalue weighted by molar-refractivity contribution is 0.624. The molecular formula is C17H14F2N2. The summed E-state index contributed by atoms with van der Waals surface area (Å²) in [5.41, 5.74) is 3.66.